The topological polar surface area (TPSA) is 79.7 Å². The molecule has 0 radical (unpaired) electrons. The number of piperidine rings is 1. The Morgan fingerprint density at radius 1 is 1.25 bits per heavy atom. The Balaban J connectivity index is 1.57. The lowest BCUT2D eigenvalue weighted by molar-refractivity contribution is 0.119. The molecule has 1 N–H and O–H groups in total. The Bertz CT molecular complexity index is 872. The van der Waals surface area contributed by atoms with Gasteiger partial charge in [0.15, 0.2) is 0 Å². The molecule has 0 spiro atoms. The van der Waals surface area contributed by atoms with Crippen molar-refractivity contribution in [1.82, 2.24) is 29.6 Å². The first-order valence-corrected chi connectivity index (χ1v) is 8.34. The molecule has 4 rings (SSSR count). The molecule has 2 aromatic heterocycles. The number of benzene rings is 1. The van der Waals surface area contributed by atoms with Gasteiger partial charge in [-0.3, -0.25) is 14.4 Å². The Morgan fingerprint density at radius 2 is 2.17 bits per heavy atom. The zero-order chi connectivity index (χ0) is 16.4. The van der Waals surface area contributed by atoms with Crippen LogP contribution in [0, 0.1) is 0 Å². The highest BCUT2D eigenvalue weighted by Gasteiger charge is 2.24. The highest BCUT2D eigenvalue weighted by atomic mass is 16.1. The molecule has 0 unspecified atom stereocenters. The first kappa shape index (κ1) is 15.0. The van der Waals surface area contributed by atoms with E-state index < -0.39 is 0 Å². The summed E-state index contributed by atoms with van der Waals surface area (Å²) < 4.78 is 1.87. The third-order valence-corrected chi connectivity index (χ3v) is 4.63. The summed E-state index contributed by atoms with van der Waals surface area (Å²) in [6.07, 6.45) is 6.83. The number of rotatable bonds is 4. The molecule has 0 amide bonds. The normalized spacial score (nSPS) is 18.9. The fourth-order valence-electron chi connectivity index (χ4n) is 3.42. The summed E-state index contributed by atoms with van der Waals surface area (Å²) in [4.78, 5) is 26.2. The molecule has 1 atom stereocenters. The van der Waals surface area contributed by atoms with Crippen LogP contribution in [0.4, 0.5) is 0 Å². The zero-order valence-electron chi connectivity index (χ0n) is 13.4. The van der Waals surface area contributed by atoms with Gasteiger partial charge in [0.25, 0.3) is 5.56 Å². The molecule has 0 saturated carbocycles. The van der Waals surface area contributed by atoms with Gasteiger partial charge in [0.05, 0.1) is 24.0 Å². The lowest BCUT2D eigenvalue weighted by atomic mass is 10.0. The maximum absolute atomic E-state index is 12.2. The highest BCUT2D eigenvalue weighted by molar-refractivity contribution is 5.77. The number of hydrogen-bond donors (Lipinski definition) is 1. The molecule has 7 heteroatoms. The molecule has 1 aromatic carbocycles. The first-order chi connectivity index (χ1) is 11.8. The van der Waals surface area contributed by atoms with E-state index in [1.807, 2.05) is 22.9 Å². The minimum Gasteiger partial charge on any atom is -0.309 e. The second kappa shape index (κ2) is 6.52. The third kappa shape index (κ3) is 3.07. The summed E-state index contributed by atoms with van der Waals surface area (Å²) in [5.41, 5.74) is 0.682. The minimum atomic E-state index is -0.0690. The summed E-state index contributed by atoms with van der Waals surface area (Å²) in [6.45, 7) is 2.48. The van der Waals surface area contributed by atoms with Crippen LogP contribution in [0.3, 0.4) is 0 Å². The molecule has 1 aliphatic rings. The number of hydrogen-bond acceptors (Lipinski definition) is 5. The van der Waals surface area contributed by atoms with E-state index in [-0.39, 0.29) is 5.56 Å². The molecular formula is C17H20N6O. The Labute approximate surface area is 139 Å². The van der Waals surface area contributed by atoms with Crippen LogP contribution >= 0.6 is 0 Å². The van der Waals surface area contributed by atoms with E-state index >= 15 is 0 Å². The molecule has 1 saturated heterocycles. The number of nitrogens with one attached hydrogen (secondary N) is 1. The van der Waals surface area contributed by atoms with Crippen LogP contribution < -0.4 is 5.56 Å². The van der Waals surface area contributed by atoms with E-state index in [4.69, 9.17) is 0 Å². The van der Waals surface area contributed by atoms with E-state index in [1.54, 1.807) is 18.7 Å². The van der Waals surface area contributed by atoms with Crippen molar-refractivity contribution < 1.29 is 0 Å². The Morgan fingerprint density at radius 3 is 3.04 bits per heavy atom. The van der Waals surface area contributed by atoms with Crippen molar-refractivity contribution in [3.05, 3.63) is 53.1 Å². The fourth-order valence-corrected chi connectivity index (χ4v) is 3.42. The van der Waals surface area contributed by atoms with E-state index in [0.717, 1.165) is 30.9 Å². The van der Waals surface area contributed by atoms with Gasteiger partial charge in [-0.1, -0.05) is 18.6 Å². The van der Waals surface area contributed by atoms with Crippen molar-refractivity contribution in [3.8, 4) is 0 Å². The fraction of sp³-hybridized carbons (Fsp3) is 0.412. The van der Waals surface area contributed by atoms with E-state index in [9.17, 15) is 4.79 Å². The summed E-state index contributed by atoms with van der Waals surface area (Å²) in [5, 5.41) is 4.85. The van der Waals surface area contributed by atoms with E-state index in [0.29, 0.717) is 18.0 Å². The van der Waals surface area contributed by atoms with Gasteiger partial charge in [0.2, 0.25) is 0 Å². The van der Waals surface area contributed by atoms with Crippen LogP contribution in [0.1, 0.15) is 25.1 Å². The summed E-state index contributed by atoms with van der Waals surface area (Å²) in [6, 6.07) is 7.85. The van der Waals surface area contributed by atoms with Gasteiger partial charge in [-0.2, -0.15) is 5.10 Å². The number of para-hydroxylation sites is 1. The van der Waals surface area contributed by atoms with Crippen LogP contribution in [0.5, 0.6) is 0 Å². The number of likely N-dealkylation sites (tertiary alicyclic amines) is 1. The van der Waals surface area contributed by atoms with Crippen LogP contribution in [0.25, 0.3) is 10.9 Å². The van der Waals surface area contributed by atoms with Crippen LogP contribution in [0.15, 0.2) is 41.7 Å². The number of aromatic nitrogens is 5. The van der Waals surface area contributed by atoms with Gasteiger partial charge < -0.3 is 4.98 Å². The molecule has 7 nitrogen and oxygen atoms in total. The lowest BCUT2D eigenvalue weighted by Crippen LogP contribution is -2.42. The van der Waals surface area contributed by atoms with Gasteiger partial charge in [0.1, 0.15) is 18.5 Å². The average Bonchev–Trinajstić information content (AvgIpc) is 3.10. The summed E-state index contributed by atoms with van der Waals surface area (Å²) >= 11 is 0. The van der Waals surface area contributed by atoms with Crippen LogP contribution in [-0.2, 0) is 13.1 Å². The molecule has 0 aliphatic carbocycles. The number of H-pyrrole nitrogens is 1. The second-order valence-electron chi connectivity index (χ2n) is 6.27. The van der Waals surface area contributed by atoms with Gasteiger partial charge in [-0.25, -0.2) is 9.97 Å². The maximum Gasteiger partial charge on any atom is 0.258 e. The molecule has 124 valence electrons. The molecule has 1 aliphatic heterocycles. The van der Waals surface area contributed by atoms with Gasteiger partial charge >= 0.3 is 0 Å². The largest absolute Gasteiger partial charge is 0.309 e. The predicted molar refractivity (Wildman–Crippen MR) is 90.4 cm³/mol. The van der Waals surface area contributed by atoms with Crippen molar-refractivity contribution >= 4 is 10.9 Å². The standard InChI is InChI=1S/C17H20N6O/c24-17-14-6-1-2-7-15(14)20-16(21-17)10-22-8-4-3-5-13(22)9-23-12-18-11-19-23/h1-2,6-7,11-13H,3-5,8-10H2,(H,20,21,24)/t13-/m0/s1. The highest BCUT2D eigenvalue weighted by Crippen LogP contribution is 2.20. The number of fused-ring (bicyclic) bond motifs is 1. The number of aromatic amines is 1. The molecule has 24 heavy (non-hydrogen) atoms. The Hall–Kier alpha value is -2.54. The monoisotopic (exact) mass is 324 g/mol. The van der Waals surface area contributed by atoms with E-state index in [1.165, 1.54) is 12.8 Å². The Kier molecular flexibility index (Phi) is 4.08. The van der Waals surface area contributed by atoms with Crippen LogP contribution in [-0.4, -0.2) is 42.2 Å². The van der Waals surface area contributed by atoms with Gasteiger partial charge in [0, 0.05) is 6.04 Å². The number of nitrogens with zero attached hydrogens (tertiary/aromatic N) is 5. The molecule has 3 aromatic rings. The quantitative estimate of drug-likeness (QED) is 0.788. The van der Waals surface area contributed by atoms with Gasteiger partial charge in [-0.15, -0.1) is 0 Å². The van der Waals surface area contributed by atoms with Crippen molar-refractivity contribution in [2.24, 2.45) is 0 Å². The van der Waals surface area contributed by atoms with Crippen molar-refractivity contribution in [2.45, 2.75) is 38.4 Å². The van der Waals surface area contributed by atoms with Crippen LogP contribution in [0.2, 0.25) is 0 Å². The molecular weight excluding hydrogens is 304 g/mol. The predicted octanol–water partition coefficient (Wildman–Crippen LogP) is 1.57. The lowest BCUT2D eigenvalue weighted by Gasteiger charge is -2.35. The average molecular weight is 324 g/mol. The maximum atomic E-state index is 12.2. The molecule has 0 bridgehead atoms. The summed E-state index contributed by atoms with van der Waals surface area (Å²) in [5.74, 6) is 0.726. The van der Waals surface area contributed by atoms with Crippen molar-refractivity contribution in [2.75, 3.05) is 6.54 Å². The third-order valence-electron chi connectivity index (χ3n) is 4.63. The molecule has 1 fully saturated rings. The zero-order valence-corrected chi connectivity index (χ0v) is 13.4. The SMILES string of the molecule is O=c1[nH]c(CN2CCCC[C@H]2Cn2cncn2)nc2ccccc12. The molecule has 3 heterocycles. The van der Waals surface area contributed by atoms with Gasteiger partial charge in [-0.05, 0) is 31.5 Å². The van der Waals surface area contributed by atoms with Crippen molar-refractivity contribution in [3.63, 3.8) is 0 Å². The van der Waals surface area contributed by atoms with Crippen molar-refractivity contribution in [1.29, 1.82) is 0 Å². The minimum absolute atomic E-state index is 0.0690. The summed E-state index contributed by atoms with van der Waals surface area (Å²) in [7, 11) is 0. The first-order valence-electron chi connectivity index (χ1n) is 8.34. The smallest absolute Gasteiger partial charge is 0.258 e. The second-order valence-corrected chi connectivity index (χ2v) is 6.27. The van der Waals surface area contributed by atoms with E-state index in [2.05, 4.69) is 25.0 Å².